The van der Waals surface area contributed by atoms with Gasteiger partial charge in [0.15, 0.2) is 0 Å². The van der Waals surface area contributed by atoms with E-state index in [2.05, 4.69) is 35.1 Å². The summed E-state index contributed by atoms with van der Waals surface area (Å²) in [4.78, 5) is 10.9. The average molecular weight is 344 g/mol. The second kappa shape index (κ2) is 7.76. The predicted octanol–water partition coefficient (Wildman–Crippen LogP) is 3.30. The first-order chi connectivity index (χ1) is 9.35. The van der Waals surface area contributed by atoms with Crippen LogP contribution in [0.2, 0.25) is 0 Å². The first-order valence-corrected chi connectivity index (χ1v) is 7.36. The number of hydrogen-bond donors (Lipinski definition) is 2. The lowest BCUT2D eigenvalue weighted by atomic mass is 9.89. The van der Waals surface area contributed by atoms with E-state index >= 15 is 0 Å². The summed E-state index contributed by atoms with van der Waals surface area (Å²) in [6.07, 6.45) is 0.996. The number of halogens is 1. The van der Waals surface area contributed by atoms with E-state index in [1.54, 1.807) is 19.2 Å². The van der Waals surface area contributed by atoms with Crippen molar-refractivity contribution in [2.75, 3.05) is 20.3 Å². The summed E-state index contributed by atoms with van der Waals surface area (Å²) < 4.78 is 5.93. The second-order valence-electron chi connectivity index (χ2n) is 5.62. The lowest BCUT2D eigenvalue weighted by Gasteiger charge is -2.24. The van der Waals surface area contributed by atoms with Crippen LogP contribution < -0.4 is 5.32 Å². The van der Waals surface area contributed by atoms with Crippen LogP contribution in [-0.2, 0) is 11.3 Å². The van der Waals surface area contributed by atoms with Crippen LogP contribution in [0.15, 0.2) is 22.7 Å². The number of carboxylic acids is 1. The van der Waals surface area contributed by atoms with Crippen molar-refractivity contribution in [2.45, 2.75) is 26.8 Å². The normalized spacial score (nSPS) is 11.6. The van der Waals surface area contributed by atoms with Crippen molar-refractivity contribution >= 4 is 21.9 Å². The zero-order chi connectivity index (χ0) is 15.2. The topological polar surface area (TPSA) is 58.6 Å². The smallest absolute Gasteiger partial charge is 0.335 e. The van der Waals surface area contributed by atoms with Gasteiger partial charge in [-0.15, -0.1) is 0 Å². The fourth-order valence-electron chi connectivity index (χ4n) is 1.83. The Labute approximate surface area is 128 Å². The van der Waals surface area contributed by atoms with Crippen molar-refractivity contribution in [1.29, 1.82) is 0 Å². The van der Waals surface area contributed by atoms with Crippen molar-refractivity contribution in [1.82, 2.24) is 5.32 Å². The van der Waals surface area contributed by atoms with Gasteiger partial charge in [0.25, 0.3) is 0 Å². The van der Waals surface area contributed by atoms with Gasteiger partial charge >= 0.3 is 5.97 Å². The Balaban J connectivity index is 2.52. The van der Waals surface area contributed by atoms with Gasteiger partial charge in [0.2, 0.25) is 0 Å². The van der Waals surface area contributed by atoms with Crippen LogP contribution >= 0.6 is 15.9 Å². The summed E-state index contributed by atoms with van der Waals surface area (Å²) in [6.45, 7) is 6.73. The Morgan fingerprint density at radius 3 is 2.70 bits per heavy atom. The molecule has 0 heterocycles. The Morgan fingerprint density at radius 2 is 2.15 bits per heavy atom. The summed E-state index contributed by atoms with van der Waals surface area (Å²) >= 11 is 3.41. The largest absolute Gasteiger partial charge is 0.478 e. The van der Waals surface area contributed by atoms with Crippen molar-refractivity contribution in [3.63, 3.8) is 0 Å². The summed E-state index contributed by atoms with van der Waals surface area (Å²) in [5.41, 5.74) is 1.52. The zero-order valence-electron chi connectivity index (χ0n) is 12.2. The molecule has 0 bridgehead atoms. The number of rotatable bonds is 8. The van der Waals surface area contributed by atoms with Gasteiger partial charge in [-0.2, -0.15) is 0 Å². The molecule has 0 spiro atoms. The molecule has 0 unspecified atom stereocenters. The molecule has 0 saturated carbocycles. The molecule has 1 aromatic carbocycles. The van der Waals surface area contributed by atoms with Gasteiger partial charge in [-0.05, 0) is 29.5 Å². The van der Waals surface area contributed by atoms with Crippen LogP contribution in [0.25, 0.3) is 0 Å². The molecule has 5 heteroatoms. The number of aromatic carboxylic acids is 1. The Hall–Kier alpha value is -0.910. The highest BCUT2D eigenvalue weighted by molar-refractivity contribution is 9.10. The maximum atomic E-state index is 10.9. The van der Waals surface area contributed by atoms with E-state index in [9.17, 15) is 4.79 Å². The highest BCUT2D eigenvalue weighted by atomic mass is 79.9. The molecule has 0 aliphatic carbocycles. The summed E-state index contributed by atoms with van der Waals surface area (Å²) in [7, 11) is 1.71. The van der Waals surface area contributed by atoms with Crippen LogP contribution in [0.4, 0.5) is 0 Å². The zero-order valence-corrected chi connectivity index (χ0v) is 13.8. The minimum Gasteiger partial charge on any atom is -0.478 e. The Morgan fingerprint density at radius 1 is 1.45 bits per heavy atom. The number of methoxy groups -OCH3 is 1. The summed E-state index contributed by atoms with van der Waals surface area (Å²) in [5.74, 6) is -0.911. The first-order valence-electron chi connectivity index (χ1n) is 6.57. The number of carbonyl (C=O) groups is 1. The highest BCUT2D eigenvalue weighted by Gasteiger charge is 2.17. The standard InChI is InChI=1S/C15H22BrNO3/c1-15(2,6-7-20-3)10-17-9-12-5-4-11(14(18)19)8-13(12)16/h4-5,8,17H,6-7,9-10H2,1-3H3,(H,18,19). The Kier molecular flexibility index (Phi) is 6.65. The van der Waals surface area contributed by atoms with E-state index in [-0.39, 0.29) is 5.41 Å². The number of ether oxygens (including phenoxy) is 1. The van der Waals surface area contributed by atoms with E-state index in [0.717, 1.165) is 29.6 Å². The van der Waals surface area contributed by atoms with Crippen molar-refractivity contribution in [2.24, 2.45) is 5.41 Å². The van der Waals surface area contributed by atoms with E-state index in [1.807, 2.05) is 6.07 Å². The third kappa shape index (κ3) is 5.61. The highest BCUT2D eigenvalue weighted by Crippen LogP contribution is 2.21. The van der Waals surface area contributed by atoms with Gasteiger partial charge in [0, 0.05) is 31.3 Å². The van der Waals surface area contributed by atoms with E-state index < -0.39 is 5.97 Å². The molecule has 0 aliphatic heterocycles. The second-order valence-corrected chi connectivity index (χ2v) is 6.48. The minimum absolute atomic E-state index is 0.170. The third-order valence-electron chi connectivity index (χ3n) is 3.20. The Bertz CT molecular complexity index is 460. The molecule has 0 radical (unpaired) electrons. The lowest BCUT2D eigenvalue weighted by Crippen LogP contribution is -2.30. The maximum Gasteiger partial charge on any atom is 0.335 e. The molecule has 0 saturated heterocycles. The number of nitrogens with one attached hydrogen (secondary N) is 1. The quantitative estimate of drug-likeness (QED) is 0.760. The van der Waals surface area contributed by atoms with E-state index in [4.69, 9.17) is 9.84 Å². The fraction of sp³-hybridized carbons (Fsp3) is 0.533. The molecular formula is C15H22BrNO3. The van der Waals surface area contributed by atoms with Gasteiger partial charge in [-0.25, -0.2) is 4.79 Å². The molecule has 1 aromatic rings. The van der Waals surface area contributed by atoms with Gasteiger partial charge in [-0.3, -0.25) is 0 Å². The SMILES string of the molecule is COCCC(C)(C)CNCc1ccc(C(=O)O)cc1Br. The van der Waals surface area contributed by atoms with Gasteiger partial charge < -0.3 is 15.2 Å². The summed E-state index contributed by atoms with van der Waals surface area (Å²) in [6, 6.07) is 5.10. The van der Waals surface area contributed by atoms with Gasteiger partial charge in [0.05, 0.1) is 5.56 Å². The van der Waals surface area contributed by atoms with Crippen molar-refractivity contribution in [3.8, 4) is 0 Å². The molecule has 0 amide bonds. The van der Waals surface area contributed by atoms with Crippen LogP contribution in [-0.4, -0.2) is 31.3 Å². The molecule has 0 atom stereocenters. The van der Waals surface area contributed by atoms with Gasteiger partial charge in [0.1, 0.15) is 0 Å². The molecule has 0 aliphatic rings. The molecule has 2 N–H and O–H groups in total. The van der Waals surface area contributed by atoms with Crippen LogP contribution in [0.5, 0.6) is 0 Å². The van der Waals surface area contributed by atoms with Crippen molar-refractivity contribution in [3.05, 3.63) is 33.8 Å². The molecule has 20 heavy (non-hydrogen) atoms. The first kappa shape index (κ1) is 17.1. The van der Waals surface area contributed by atoms with E-state index in [1.165, 1.54) is 0 Å². The molecule has 1 rings (SSSR count). The van der Waals surface area contributed by atoms with Gasteiger partial charge in [-0.1, -0.05) is 35.8 Å². The number of carboxylic acid groups (broad SMARTS) is 1. The number of hydrogen-bond acceptors (Lipinski definition) is 3. The molecule has 112 valence electrons. The monoisotopic (exact) mass is 343 g/mol. The molecule has 4 nitrogen and oxygen atoms in total. The maximum absolute atomic E-state index is 10.9. The van der Waals surface area contributed by atoms with Crippen LogP contribution in [0.1, 0.15) is 36.2 Å². The minimum atomic E-state index is -0.911. The molecule has 0 fully saturated rings. The average Bonchev–Trinajstić information content (AvgIpc) is 2.38. The number of benzene rings is 1. The van der Waals surface area contributed by atoms with Crippen LogP contribution in [0.3, 0.4) is 0 Å². The molecular weight excluding hydrogens is 322 g/mol. The van der Waals surface area contributed by atoms with E-state index in [0.29, 0.717) is 12.1 Å². The third-order valence-corrected chi connectivity index (χ3v) is 3.94. The summed E-state index contributed by atoms with van der Waals surface area (Å²) in [5, 5.41) is 12.3. The fourth-order valence-corrected chi connectivity index (χ4v) is 2.34. The van der Waals surface area contributed by atoms with Crippen molar-refractivity contribution < 1.29 is 14.6 Å². The van der Waals surface area contributed by atoms with Crippen LogP contribution in [0, 0.1) is 5.41 Å². The lowest BCUT2D eigenvalue weighted by molar-refractivity contribution is 0.0697. The predicted molar refractivity (Wildman–Crippen MR) is 83.1 cm³/mol. The molecule has 0 aromatic heterocycles.